The van der Waals surface area contributed by atoms with Gasteiger partial charge in [-0.2, -0.15) is 0 Å². The van der Waals surface area contributed by atoms with Crippen molar-refractivity contribution in [1.82, 2.24) is 0 Å². The van der Waals surface area contributed by atoms with E-state index in [1.807, 2.05) is 24.3 Å². The van der Waals surface area contributed by atoms with Crippen LogP contribution in [0.3, 0.4) is 0 Å². The summed E-state index contributed by atoms with van der Waals surface area (Å²) in [6.07, 6.45) is 1.20. The Bertz CT molecular complexity index is 506. The van der Waals surface area contributed by atoms with Gasteiger partial charge in [0.1, 0.15) is 5.76 Å². The smallest absolute Gasteiger partial charge is 0.411 e. The number of benzene rings is 1. The van der Waals surface area contributed by atoms with Crippen LogP contribution in [0.1, 0.15) is 12.7 Å². The molecule has 1 heterocycles. The summed E-state index contributed by atoms with van der Waals surface area (Å²) in [4.78, 5) is 11.2. The number of amides is 1. The molecule has 19 heavy (non-hydrogen) atoms. The molecule has 100 valence electrons. The van der Waals surface area contributed by atoms with Crippen LogP contribution in [0.4, 0.5) is 16.2 Å². The van der Waals surface area contributed by atoms with Crippen LogP contribution in [0.15, 0.2) is 47.1 Å². The molecule has 0 aliphatic carbocycles. The Labute approximate surface area is 111 Å². The highest BCUT2D eigenvalue weighted by atomic mass is 16.5. The number of anilines is 2. The Hall–Kier alpha value is -2.43. The van der Waals surface area contributed by atoms with Gasteiger partial charge >= 0.3 is 6.09 Å². The minimum atomic E-state index is -0.446. The molecule has 0 unspecified atom stereocenters. The lowest BCUT2D eigenvalue weighted by molar-refractivity contribution is 0.168. The van der Waals surface area contributed by atoms with E-state index in [2.05, 4.69) is 10.6 Å². The van der Waals surface area contributed by atoms with Crippen molar-refractivity contribution in [2.45, 2.75) is 13.5 Å². The van der Waals surface area contributed by atoms with Crippen molar-refractivity contribution < 1.29 is 13.9 Å². The van der Waals surface area contributed by atoms with Gasteiger partial charge in [-0.15, -0.1) is 0 Å². The topological polar surface area (TPSA) is 63.5 Å². The van der Waals surface area contributed by atoms with E-state index < -0.39 is 6.09 Å². The van der Waals surface area contributed by atoms with Crippen molar-refractivity contribution in [2.75, 3.05) is 17.2 Å². The van der Waals surface area contributed by atoms with Crippen molar-refractivity contribution in [3.8, 4) is 0 Å². The van der Waals surface area contributed by atoms with E-state index in [-0.39, 0.29) is 0 Å². The van der Waals surface area contributed by atoms with Crippen molar-refractivity contribution in [3.05, 3.63) is 48.4 Å². The Morgan fingerprint density at radius 1 is 1.21 bits per heavy atom. The molecule has 2 N–H and O–H groups in total. The highest BCUT2D eigenvalue weighted by molar-refractivity contribution is 5.84. The molecule has 0 saturated carbocycles. The second-order valence-corrected chi connectivity index (χ2v) is 3.86. The number of carbonyl (C=O) groups is 1. The number of nitrogens with one attached hydrogen (secondary N) is 2. The van der Waals surface area contributed by atoms with Gasteiger partial charge in [-0.05, 0) is 43.3 Å². The van der Waals surface area contributed by atoms with Crippen molar-refractivity contribution in [3.63, 3.8) is 0 Å². The fourth-order valence-electron chi connectivity index (χ4n) is 1.56. The largest absolute Gasteiger partial charge is 0.467 e. The van der Waals surface area contributed by atoms with E-state index >= 15 is 0 Å². The fourth-order valence-corrected chi connectivity index (χ4v) is 1.56. The van der Waals surface area contributed by atoms with Gasteiger partial charge in [0.15, 0.2) is 0 Å². The molecule has 1 aromatic carbocycles. The van der Waals surface area contributed by atoms with E-state index in [9.17, 15) is 4.79 Å². The van der Waals surface area contributed by atoms with Gasteiger partial charge in [-0.25, -0.2) is 4.79 Å². The molecule has 0 spiro atoms. The first-order valence-electron chi connectivity index (χ1n) is 6.08. The second kappa shape index (κ2) is 6.49. The molecule has 5 nitrogen and oxygen atoms in total. The summed E-state index contributed by atoms with van der Waals surface area (Å²) in [6, 6.07) is 11.1. The molecular weight excluding hydrogens is 244 g/mol. The third kappa shape index (κ3) is 4.06. The van der Waals surface area contributed by atoms with Gasteiger partial charge in [0.2, 0.25) is 0 Å². The molecule has 1 aromatic heterocycles. The zero-order valence-electron chi connectivity index (χ0n) is 10.7. The summed E-state index contributed by atoms with van der Waals surface area (Å²) in [5, 5.41) is 5.85. The summed E-state index contributed by atoms with van der Waals surface area (Å²) in [7, 11) is 0. The van der Waals surface area contributed by atoms with E-state index in [0.717, 1.165) is 11.4 Å². The summed E-state index contributed by atoms with van der Waals surface area (Å²) in [6.45, 7) is 2.74. The Balaban J connectivity index is 1.85. The first-order chi connectivity index (χ1) is 9.28. The van der Waals surface area contributed by atoms with E-state index in [0.29, 0.717) is 18.8 Å². The molecule has 0 saturated heterocycles. The molecular formula is C14H16N2O3. The quantitative estimate of drug-likeness (QED) is 0.864. The number of hydrogen-bond donors (Lipinski definition) is 2. The number of furan rings is 1. The zero-order valence-corrected chi connectivity index (χ0v) is 10.7. The maximum Gasteiger partial charge on any atom is 0.411 e. The third-order valence-corrected chi connectivity index (χ3v) is 2.45. The number of rotatable bonds is 5. The molecule has 1 amide bonds. The third-order valence-electron chi connectivity index (χ3n) is 2.45. The van der Waals surface area contributed by atoms with Gasteiger partial charge in [0, 0.05) is 11.4 Å². The maximum atomic E-state index is 11.2. The van der Waals surface area contributed by atoms with Crippen molar-refractivity contribution in [2.24, 2.45) is 0 Å². The average Bonchev–Trinajstić information content (AvgIpc) is 2.91. The average molecular weight is 260 g/mol. The van der Waals surface area contributed by atoms with Gasteiger partial charge in [0.25, 0.3) is 0 Å². The lowest BCUT2D eigenvalue weighted by atomic mass is 10.2. The summed E-state index contributed by atoms with van der Waals surface area (Å²) < 4.78 is 10.0. The standard InChI is InChI=1S/C14H16N2O3/c1-2-18-14(17)16-12-7-5-11(6-8-12)15-10-13-4-3-9-19-13/h3-9,15H,2,10H2,1H3,(H,16,17). The van der Waals surface area contributed by atoms with Crippen LogP contribution >= 0.6 is 0 Å². The van der Waals surface area contributed by atoms with Crippen LogP contribution in [-0.2, 0) is 11.3 Å². The van der Waals surface area contributed by atoms with Crippen molar-refractivity contribution >= 4 is 17.5 Å². The van der Waals surface area contributed by atoms with E-state index in [4.69, 9.17) is 9.15 Å². The molecule has 0 aliphatic heterocycles. The van der Waals surface area contributed by atoms with E-state index in [1.54, 1.807) is 25.3 Å². The maximum absolute atomic E-state index is 11.2. The molecule has 2 rings (SSSR count). The summed E-state index contributed by atoms with van der Waals surface area (Å²) in [5.74, 6) is 0.869. The molecule has 0 aliphatic rings. The van der Waals surface area contributed by atoms with Crippen LogP contribution in [0.5, 0.6) is 0 Å². The molecule has 0 radical (unpaired) electrons. The molecule has 0 fully saturated rings. The molecule has 0 bridgehead atoms. The first kappa shape index (κ1) is 13.0. The number of hydrogen-bond acceptors (Lipinski definition) is 4. The summed E-state index contributed by atoms with van der Waals surface area (Å²) >= 11 is 0. The Morgan fingerprint density at radius 2 is 1.95 bits per heavy atom. The van der Waals surface area contributed by atoms with Crippen LogP contribution < -0.4 is 10.6 Å². The van der Waals surface area contributed by atoms with Crippen LogP contribution in [0.25, 0.3) is 0 Å². The summed E-state index contributed by atoms with van der Waals surface area (Å²) in [5.41, 5.74) is 1.65. The van der Waals surface area contributed by atoms with Gasteiger partial charge in [-0.1, -0.05) is 0 Å². The predicted octanol–water partition coefficient (Wildman–Crippen LogP) is 3.46. The molecule has 0 atom stereocenters. The zero-order chi connectivity index (χ0) is 13.5. The number of carbonyl (C=O) groups excluding carboxylic acids is 1. The Morgan fingerprint density at radius 3 is 2.58 bits per heavy atom. The predicted molar refractivity (Wildman–Crippen MR) is 73.1 cm³/mol. The lowest BCUT2D eigenvalue weighted by Crippen LogP contribution is -2.13. The minimum absolute atomic E-state index is 0.356. The monoisotopic (exact) mass is 260 g/mol. The van der Waals surface area contributed by atoms with Crippen molar-refractivity contribution in [1.29, 1.82) is 0 Å². The van der Waals surface area contributed by atoms with Crippen LogP contribution in [-0.4, -0.2) is 12.7 Å². The second-order valence-electron chi connectivity index (χ2n) is 3.86. The van der Waals surface area contributed by atoms with Gasteiger partial charge in [-0.3, -0.25) is 5.32 Å². The SMILES string of the molecule is CCOC(=O)Nc1ccc(NCc2ccco2)cc1. The Kier molecular flexibility index (Phi) is 4.44. The fraction of sp³-hybridized carbons (Fsp3) is 0.214. The van der Waals surface area contributed by atoms with Gasteiger partial charge in [0.05, 0.1) is 19.4 Å². The minimum Gasteiger partial charge on any atom is -0.467 e. The van der Waals surface area contributed by atoms with E-state index in [1.165, 1.54) is 0 Å². The molecule has 2 aromatic rings. The van der Waals surface area contributed by atoms with Gasteiger partial charge < -0.3 is 14.5 Å². The highest BCUT2D eigenvalue weighted by Gasteiger charge is 2.01. The molecule has 5 heteroatoms. The lowest BCUT2D eigenvalue weighted by Gasteiger charge is -2.07. The first-order valence-corrected chi connectivity index (χ1v) is 6.08. The highest BCUT2D eigenvalue weighted by Crippen LogP contribution is 2.14. The van der Waals surface area contributed by atoms with Crippen LogP contribution in [0, 0.1) is 0 Å². The van der Waals surface area contributed by atoms with Crippen LogP contribution in [0.2, 0.25) is 0 Å². The number of ether oxygens (including phenoxy) is 1. The normalized spacial score (nSPS) is 9.95.